The van der Waals surface area contributed by atoms with Gasteiger partial charge in [-0.25, -0.2) is 0 Å². The minimum absolute atomic E-state index is 0.0941. The highest BCUT2D eigenvalue weighted by atomic mass is 15.1. The van der Waals surface area contributed by atoms with Crippen molar-refractivity contribution in [3.05, 3.63) is 175 Å². The van der Waals surface area contributed by atoms with Crippen molar-refractivity contribution in [2.24, 2.45) is 0 Å². The molecule has 1 aliphatic carbocycles. The molecule has 0 heterocycles. The Bertz CT molecular complexity index is 2390. The molecule has 8 rings (SSSR count). The lowest BCUT2D eigenvalue weighted by atomic mass is 9.81. The fourth-order valence-corrected chi connectivity index (χ4v) is 6.78. The molecule has 0 bridgehead atoms. The zero-order chi connectivity index (χ0) is 34.0. The van der Waals surface area contributed by atoms with Crippen molar-refractivity contribution in [2.75, 3.05) is 4.90 Å². The molecule has 0 radical (unpaired) electrons. The van der Waals surface area contributed by atoms with Crippen molar-refractivity contribution in [3.63, 3.8) is 0 Å². The van der Waals surface area contributed by atoms with Crippen molar-refractivity contribution >= 4 is 27.8 Å². The molecule has 0 fully saturated rings. The Balaban J connectivity index is 1.26. The SMILES string of the molecule is [2H]c1c([2H])c([2H])c(-c2ccc(N(c3ccccc3)c3ccc(-c4ccc5c(c4)C(C)(C)c4ccccc4-5)c4ccccc34)cc2)c([2H])c1[2H]. The number of para-hydroxylation sites is 1. The Kier molecular flexibility index (Phi) is 5.04. The van der Waals surface area contributed by atoms with E-state index in [1.54, 1.807) is 0 Å². The largest absolute Gasteiger partial charge is 0.310 e. The van der Waals surface area contributed by atoms with E-state index in [1.807, 2.05) is 42.5 Å². The number of fused-ring (bicyclic) bond motifs is 4. The van der Waals surface area contributed by atoms with E-state index in [4.69, 9.17) is 6.85 Å². The highest BCUT2D eigenvalue weighted by Gasteiger charge is 2.35. The molecule has 0 amide bonds. The van der Waals surface area contributed by atoms with Gasteiger partial charge >= 0.3 is 0 Å². The predicted octanol–water partition coefficient (Wildman–Crippen LogP) is 11.9. The molecule has 0 N–H and O–H groups in total. The quantitative estimate of drug-likeness (QED) is 0.200. The van der Waals surface area contributed by atoms with Gasteiger partial charge in [-0.2, -0.15) is 0 Å². The minimum atomic E-state index is -0.394. The molecule has 210 valence electrons. The summed E-state index contributed by atoms with van der Waals surface area (Å²) in [7, 11) is 0. The van der Waals surface area contributed by atoms with Crippen LogP contribution in [0.4, 0.5) is 17.1 Å². The van der Waals surface area contributed by atoms with Gasteiger partial charge in [0.05, 0.1) is 12.5 Å². The number of nitrogens with zero attached hydrogens (tertiary/aromatic N) is 1. The van der Waals surface area contributed by atoms with E-state index < -0.39 is 6.04 Å². The first-order valence-electron chi connectivity index (χ1n) is 17.5. The number of hydrogen-bond acceptors (Lipinski definition) is 1. The van der Waals surface area contributed by atoms with E-state index in [0.29, 0.717) is 5.56 Å². The van der Waals surface area contributed by atoms with Crippen LogP contribution in [0.5, 0.6) is 0 Å². The number of rotatable bonds is 5. The molecule has 44 heavy (non-hydrogen) atoms. The van der Waals surface area contributed by atoms with Gasteiger partial charge in [0.1, 0.15) is 0 Å². The van der Waals surface area contributed by atoms with Gasteiger partial charge in [-0.1, -0.05) is 141 Å². The summed E-state index contributed by atoms with van der Waals surface area (Å²) in [5.74, 6) is 0. The Morgan fingerprint density at radius 1 is 0.477 bits per heavy atom. The first-order valence-corrected chi connectivity index (χ1v) is 15.0. The summed E-state index contributed by atoms with van der Waals surface area (Å²) in [6, 6.07) is 44.8. The van der Waals surface area contributed by atoms with Crippen LogP contribution in [-0.4, -0.2) is 0 Å². The summed E-state index contributed by atoms with van der Waals surface area (Å²) in [5.41, 5.74) is 11.2. The zero-order valence-corrected chi connectivity index (χ0v) is 24.6. The van der Waals surface area contributed by atoms with Crippen LogP contribution < -0.4 is 4.90 Å². The summed E-state index contributed by atoms with van der Waals surface area (Å²) >= 11 is 0. The van der Waals surface area contributed by atoms with Crippen molar-refractivity contribution in [1.82, 2.24) is 0 Å². The Morgan fingerprint density at radius 3 is 1.89 bits per heavy atom. The molecule has 1 aliphatic rings. The third-order valence-electron chi connectivity index (χ3n) is 8.97. The Labute approximate surface area is 266 Å². The summed E-state index contributed by atoms with van der Waals surface area (Å²) in [6.45, 7) is 4.62. The molecular formula is C43H33N. The average Bonchev–Trinajstić information content (AvgIpc) is 3.36. The minimum Gasteiger partial charge on any atom is -0.310 e. The first kappa shape index (κ1) is 21.3. The topological polar surface area (TPSA) is 3.24 Å². The second-order valence-corrected chi connectivity index (χ2v) is 11.8. The lowest BCUT2D eigenvalue weighted by molar-refractivity contribution is 0.660. The maximum atomic E-state index is 8.47. The first-order chi connectivity index (χ1) is 23.7. The third-order valence-corrected chi connectivity index (χ3v) is 8.97. The molecule has 0 spiro atoms. The Hall–Kier alpha value is -5.40. The van der Waals surface area contributed by atoms with Crippen LogP contribution in [0, 0.1) is 0 Å². The van der Waals surface area contributed by atoms with Gasteiger partial charge < -0.3 is 4.90 Å². The summed E-state index contributed by atoms with van der Waals surface area (Å²) in [6.07, 6.45) is 0. The van der Waals surface area contributed by atoms with Crippen molar-refractivity contribution in [1.29, 1.82) is 0 Å². The molecule has 0 unspecified atom stereocenters. The maximum Gasteiger partial charge on any atom is 0.0629 e. The van der Waals surface area contributed by atoms with Gasteiger partial charge in [-0.05, 0) is 86.3 Å². The van der Waals surface area contributed by atoms with E-state index in [1.165, 1.54) is 33.4 Å². The number of hydrogen-bond donors (Lipinski definition) is 0. The fraction of sp³-hybridized carbons (Fsp3) is 0.0698. The van der Waals surface area contributed by atoms with Crippen molar-refractivity contribution in [3.8, 4) is 33.4 Å². The van der Waals surface area contributed by atoms with E-state index in [0.717, 1.165) is 27.8 Å². The van der Waals surface area contributed by atoms with Crippen molar-refractivity contribution in [2.45, 2.75) is 19.3 Å². The third kappa shape index (κ3) is 4.24. The normalized spacial score (nSPS) is 14.5. The second kappa shape index (κ2) is 10.4. The predicted molar refractivity (Wildman–Crippen MR) is 187 cm³/mol. The highest BCUT2D eigenvalue weighted by Crippen LogP contribution is 2.50. The van der Waals surface area contributed by atoms with Gasteiger partial charge in [0.2, 0.25) is 0 Å². The monoisotopic (exact) mass is 568 g/mol. The zero-order valence-electron chi connectivity index (χ0n) is 29.6. The standard InChI is InChI=1S/C43H33N/c1-43(2)40-20-12-11-18-37(40)38-26-23-32(29-41(38)43)35-27-28-42(39-19-10-9-17-36(35)39)44(33-15-7-4-8-16-33)34-24-21-31(22-25-34)30-13-5-3-6-14-30/h3-29H,1-2H3/i3D,5D,6D,13D,14D. The maximum absolute atomic E-state index is 8.47. The molecular weight excluding hydrogens is 530 g/mol. The summed E-state index contributed by atoms with van der Waals surface area (Å²) in [5, 5.41) is 2.24. The summed E-state index contributed by atoms with van der Waals surface area (Å²) < 4.78 is 41.2. The number of benzene rings is 7. The molecule has 0 aliphatic heterocycles. The van der Waals surface area contributed by atoms with Crippen LogP contribution >= 0.6 is 0 Å². The molecule has 0 saturated heterocycles. The molecule has 0 atom stereocenters. The van der Waals surface area contributed by atoms with Crippen LogP contribution in [0.3, 0.4) is 0 Å². The van der Waals surface area contributed by atoms with Crippen LogP contribution in [-0.2, 0) is 5.41 Å². The molecule has 0 aromatic heterocycles. The number of anilines is 3. The highest BCUT2D eigenvalue weighted by molar-refractivity contribution is 6.06. The Morgan fingerprint density at radius 2 is 1.09 bits per heavy atom. The van der Waals surface area contributed by atoms with Crippen LogP contribution in [0.25, 0.3) is 44.2 Å². The fourth-order valence-electron chi connectivity index (χ4n) is 6.78. The van der Waals surface area contributed by atoms with Gasteiger partial charge in [-0.15, -0.1) is 0 Å². The summed E-state index contributed by atoms with van der Waals surface area (Å²) in [4.78, 5) is 2.21. The second-order valence-electron chi connectivity index (χ2n) is 11.8. The molecule has 7 aromatic rings. The van der Waals surface area contributed by atoms with Gasteiger partial charge in [-0.3, -0.25) is 0 Å². The molecule has 7 aromatic carbocycles. The van der Waals surface area contributed by atoms with E-state index in [2.05, 4.69) is 110 Å². The lowest BCUT2D eigenvalue weighted by Crippen LogP contribution is -2.14. The van der Waals surface area contributed by atoms with Crippen LogP contribution in [0.2, 0.25) is 0 Å². The van der Waals surface area contributed by atoms with Gasteiger partial charge in [0, 0.05) is 22.2 Å². The van der Waals surface area contributed by atoms with Gasteiger partial charge in [0.15, 0.2) is 0 Å². The lowest BCUT2D eigenvalue weighted by Gasteiger charge is -2.28. The average molecular weight is 569 g/mol. The molecule has 1 heteroatoms. The van der Waals surface area contributed by atoms with Crippen LogP contribution in [0.1, 0.15) is 31.8 Å². The van der Waals surface area contributed by atoms with E-state index >= 15 is 0 Å². The van der Waals surface area contributed by atoms with E-state index in [-0.39, 0.29) is 35.1 Å². The molecule has 1 nitrogen and oxygen atoms in total. The van der Waals surface area contributed by atoms with Gasteiger partial charge in [0.25, 0.3) is 0 Å². The van der Waals surface area contributed by atoms with E-state index in [9.17, 15) is 0 Å². The molecule has 0 saturated carbocycles. The van der Waals surface area contributed by atoms with Crippen molar-refractivity contribution < 1.29 is 6.85 Å². The smallest absolute Gasteiger partial charge is 0.0629 e. The van der Waals surface area contributed by atoms with Crippen LogP contribution in [0.15, 0.2) is 164 Å².